The summed E-state index contributed by atoms with van der Waals surface area (Å²) >= 11 is 0. The van der Waals surface area contributed by atoms with Crippen molar-refractivity contribution in [2.75, 3.05) is 0 Å². The first-order valence-corrected chi connectivity index (χ1v) is 7.59. The SMILES string of the molecule is C[C@@H](NC1CCCCc2ccccc21)c1ccccn1. The third-order valence-electron chi connectivity index (χ3n) is 4.20. The van der Waals surface area contributed by atoms with E-state index in [1.54, 1.807) is 0 Å². The molecular weight excluding hydrogens is 244 g/mol. The molecule has 1 aromatic carbocycles. The minimum absolute atomic E-state index is 0.285. The van der Waals surface area contributed by atoms with Crippen molar-refractivity contribution in [1.82, 2.24) is 10.3 Å². The van der Waals surface area contributed by atoms with E-state index in [0.717, 1.165) is 5.69 Å². The first kappa shape index (κ1) is 13.3. The molecule has 2 heteroatoms. The van der Waals surface area contributed by atoms with Crippen LogP contribution >= 0.6 is 0 Å². The molecule has 3 rings (SSSR count). The lowest BCUT2D eigenvalue weighted by atomic mass is 9.98. The van der Waals surface area contributed by atoms with Crippen LogP contribution in [0.2, 0.25) is 0 Å². The number of hydrogen-bond donors (Lipinski definition) is 1. The average molecular weight is 266 g/mol. The lowest BCUT2D eigenvalue weighted by molar-refractivity contribution is 0.432. The number of aryl methyl sites for hydroxylation is 1. The maximum absolute atomic E-state index is 4.46. The first-order valence-electron chi connectivity index (χ1n) is 7.59. The molecule has 1 heterocycles. The van der Waals surface area contributed by atoms with Crippen molar-refractivity contribution in [1.29, 1.82) is 0 Å². The number of rotatable bonds is 3. The summed E-state index contributed by atoms with van der Waals surface area (Å²) in [5.41, 5.74) is 4.11. The molecule has 0 radical (unpaired) electrons. The van der Waals surface area contributed by atoms with Gasteiger partial charge in [-0.05, 0) is 49.4 Å². The maximum atomic E-state index is 4.46. The first-order chi connectivity index (χ1) is 9.84. The Morgan fingerprint density at radius 1 is 1.10 bits per heavy atom. The zero-order chi connectivity index (χ0) is 13.8. The quantitative estimate of drug-likeness (QED) is 0.842. The van der Waals surface area contributed by atoms with Gasteiger partial charge in [0.25, 0.3) is 0 Å². The maximum Gasteiger partial charge on any atom is 0.0570 e. The van der Waals surface area contributed by atoms with Gasteiger partial charge in [-0.15, -0.1) is 0 Å². The predicted octanol–water partition coefficient (Wildman–Crippen LogP) is 4.20. The number of nitrogens with one attached hydrogen (secondary N) is 1. The second-order valence-corrected chi connectivity index (χ2v) is 5.64. The van der Waals surface area contributed by atoms with E-state index >= 15 is 0 Å². The van der Waals surface area contributed by atoms with Gasteiger partial charge in [0.2, 0.25) is 0 Å². The molecule has 1 aliphatic carbocycles. The summed E-state index contributed by atoms with van der Waals surface area (Å²) in [6.45, 7) is 2.20. The van der Waals surface area contributed by atoms with Crippen LogP contribution < -0.4 is 5.32 Å². The molecule has 0 fully saturated rings. The lowest BCUT2D eigenvalue weighted by Crippen LogP contribution is -2.25. The molecule has 0 saturated heterocycles. The van der Waals surface area contributed by atoms with E-state index in [1.807, 2.05) is 12.3 Å². The van der Waals surface area contributed by atoms with Gasteiger partial charge in [0.1, 0.15) is 0 Å². The summed E-state index contributed by atoms with van der Waals surface area (Å²) in [5, 5.41) is 3.77. The Morgan fingerprint density at radius 2 is 1.95 bits per heavy atom. The highest BCUT2D eigenvalue weighted by Crippen LogP contribution is 2.30. The molecule has 0 spiro atoms. The largest absolute Gasteiger partial charge is 0.302 e. The summed E-state index contributed by atoms with van der Waals surface area (Å²) in [6.07, 6.45) is 6.89. The molecule has 2 nitrogen and oxygen atoms in total. The Hall–Kier alpha value is -1.67. The normalized spacial score (nSPS) is 19.9. The Bertz CT molecular complexity index is 550. The van der Waals surface area contributed by atoms with Gasteiger partial charge in [-0.1, -0.05) is 36.8 Å². The van der Waals surface area contributed by atoms with E-state index in [0.29, 0.717) is 6.04 Å². The van der Waals surface area contributed by atoms with Gasteiger partial charge in [-0.25, -0.2) is 0 Å². The van der Waals surface area contributed by atoms with Crippen molar-refractivity contribution in [2.45, 2.75) is 44.7 Å². The summed E-state index contributed by atoms with van der Waals surface area (Å²) < 4.78 is 0. The number of aromatic nitrogens is 1. The van der Waals surface area contributed by atoms with Crippen LogP contribution in [0.15, 0.2) is 48.7 Å². The monoisotopic (exact) mass is 266 g/mol. The van der Waals surface area contributed by atoms with Crippen molar-refractivity contribution in [3.05, 3.63) is 65.5 Å². The molecule has 1 aromatic heterocycles. The van der Waals surface area contributed by atoms with Crippen LogP contribution in [0.4, 0.5) is 0 Å². The molecular formula is C18H22N2. The van der Waals surface area contributed by atoms with Gasteiger partial charge in [0, 0.05) is 18.3 Å². The Balaban J connectivity index is 1.80. The number of nitrogens with zero attached hydrogens (tertiary/aromatic N) is 1. The van der Waals surface area contributed by atoms with Crippen LogP contribution in [0.5, 0.6) is 0 Å². The molecule has 20 heavy (non-hydrogen) atoms. The second kappa shape index (κ2) is 6.19. The second-order valence-electron chi connectivity index (χ2n) is 5.64. The Kier molecular flexibility index (Phi) is 4.12. The van der Waals surface area contributed by atoms with E-state index in [2.05, 4.69) is 53.6 Å². The van der Waals surface area contributed by atoms with E-state index in [9.17, 15) is 0 Å². The summed E-state index contributed by atoms with van der Waals surface area (Å²) in [7, 11) is 0. The fraction of sp³-hybridized carbons (Fsp3) is 0.389. The van der Waals surface area contributed by atoms with Gasteiger partial charge < -0.3 is 5.32 Å². The number of hydrogen-bond acceptors (Lipinski definition) is 2. The van der Waals surface area contributed by atoms with Gasteiger partial charge in [0.05, 0.1) is 5.69 Å². The highest BCUT2D eigenvalue weighted by Gasteiger charge is 2.20. The van der Waals surface area contributed by atoms with Gasteiger partial charge >= 0.3 is 0 Å². The topological polar surface area (TPSA) is 24.9 Å². The van der Waals surface area contributed by atoms with Crippen molar-refractivity contribution < 1.29 is 0 Å². The Morgan fingerprint density at radius 3 is 2.80 bits per heavy atom. The third kappa shape index (κ3) is 2.91. The van der Waals surface area contributed by atoms with Crippen LogP contribution in [0.3, 0.4) is 0 Å². The zero-order valence-corrected chi connectivity index (χ0v) is 12.0. The van der Waals surface area contributed by atoms with E-state index in [4.69, 9.17) is 0 Å². The summed E-state index contributed by atoms with van der Waals surface area (Å²) in [5.74, 6) is 0. The molecule has 1 aliphatic rings. The number of fused-ring (bicyclic) bond motifs is 1. The molecule has 2 atom stereocenters. The minimum Gasteiger partial charge on any atom is -0.302 e. The van der Waals surface area contributed by atoms with Crippen LogP contribution in [-0.2, 0) is 6.42 Å². The average Bonchev–Trinajstić information content (AvgIpc) is 2.71. The molecule has 2 aromatic rings. The summed E-state index contributed by atoms with van der Waals surface area (Å²) in [4.78, 5) is 4.46. The Labute approximate surface area is 121 Å². The lowest BCUT2D eigenvalue weighted by Gasteiger charge is -2.23. The van der Waals surface area contributed by atoms with Crippen molar-refractivity contribution >= 4 is 0 Å². The van der Waals surface area contributed by atoms with Crippen LogP contribution in [0, 0.1) is 0 Å². The molecule has 1 unspecified atom stereocenters. The third-order valence-corrected chi connectivity index (χ3v) is 4.20. The van der Waals surface area contributed by atoms with Crippen LogP contribution in [0.1, 0.15) is 55.1 Å². The standard InChI is InChI=1S/C18H22N2/c1-14(17-11-6-7-13-19-17)20-18-12-5-3-9-15-8-2-4-10-16(15)18/h2,4,6-8,10-11,13-14,18,20H,3,5,9,12H2,1H3/t14-,18?/m1/s1. The van der Waals surface area contributed by atoms with Gasteiger partial charge in [-0.2, -0.15) is 0 Å². The van der Waals surface area contributed by atoms with E-state index in [-0.39, 0.29) is 6.04 Å². The smallest absolute Gasteiger partial charge is 0.0570 e. The molecule has 0 amide bonds. The molecule has 1 N–H and O–H groups in total. The number of pyridine rings is 1. The molecule has 0 saturated carbocycles. The molecule has 0 aliphatic heterocycles. The van der Waals surface area contributed by atoms with Crippen LogP contribution in [0.25, 0.3) is 0 Å². The highest BCUT2D eigenvalue weighted by molar-refractivity contribution is 5.31. The van der Waals surface area contributed by atoms with Gasteiger partial charge in [-0.3, -0.25) is 4.98 Å². The summed E-state index contributed by atoms with van der Waals surface area (Å²) in [6, 6.07) is 15.7. The van der Waals surface area contributed by atoms with Gasteiger partial charge in [0.15, 0.2) is 0 Å². The fourth-order valence-corrected chi connectivity index (χ4v) is 3.11. The van der Waals surface area contributed by atoms with E-state index in [1.165, 1.54) is 36.8 Å². The highest BCUT2D eigenvalue weighted by atomic mass is 15.0. The van der Waals surface area contributed by atoms with Crippen molar-refractivity contribution in [3.8, 4) is 0 Å². The zero-order valence-electron chi connectivity index (χ0n) is 12.0. The van der Waals surface area contributed by atoms with E-state index < -0.39 is 0 Å². The van der Waals surface area contributed by atoms with Crippen LogP contribution in [-0.4, -0.2) is 4.98 Å². The predicted molar refractivity (Wildman–Crippen MR) is 82.5 cm³/mol. The molecule has 104 valence electrons. The number of benzene rings is 1. The fourth-order valence-electron chi connectivity index (χ4n) is 3.11. The van der Waals surface area contributed by atoms with Crippen molar-refractivity contribution in [2.24, 2.45) is 0 Å². The minimum atomic E-state index is 0.285. The molecule has 0 bridgehead atoms. The van der Waals surface area contributed by atoms with Crippen molar-refractivity contribution in [3.63, 3.8) is 0 Å².